The fourth-order valence-electron chi connectivity index (χ4n) is 1.01. The van der Waals surface area contributed by atoms with E-state index in [1.54, 1.807) is 13.2 Å². The van der Waals surface area contributed by atoms with Crippen LogP contribution < -0.4 is 5.32 Å². The van der Waals surface area contributed by atoms with Gasteiger partial charge in [-0.05, 0) is 6.92 Å². The molecular formula is C8H11Cl2N3O. The average Bonchev–Trinajstić information content (AvgIpc) is 2.12. The van der Waals surface area contributed by atoms with Crippen LogP contribution in [0, 0.1) is 0 Å². The molecule has 0 spiro atoms. The predicted octanol–water partition coefficient (Wildman–Crippen LogP) is 2.23. The number of anilines is 1. The number of hydrogen-bond acceptors (Lipinski definition) is 4. The molecule has 0 fully saturated rings. The SMILES string of the molecule is COCC(C)Nc1cc(Cl)nnc1Cl. The number of ether oxygens (including phenoxy) is 1. The number of nitrogens with zero attached hydrogens (tertiary/aromatic N) is 2. The quantitative estimate of drug-likeness (QED) is 0.870. The lowest BCUT2D eigenvalue weighted by Crippen LogP contribution is -2.21. The average molecular weight is 236 g/mol. The second-order valence-electron chi connectivity index (χ2n) is 2.87. The van der Waals surface area contributed by atoms with Gasteiger partial charge in [-0.2, -0.15) is 0 Å². The van der Waals surface area contributed by atoms with E-state index < -0.39 is 0 Å². The molecule has 0 aromatic carbocycles. The Morgan fingerprint density at radius 2 is 2.21 bits per heavy atom. The summed E-state index contributed by atoms with van der Waals surface area (Å²) < 4.78 is 4.97. The monoisotopic (exact) mass is 235 g/mol. The minimum atomic E-state index is 0.137. The van der Waals surface area contributed by atoms with Gasteiger partial charge >= 0.3 is 0 Å². The lowest BCUT2D eigenvalue weighted by atomic mass is 10.3. The van der Waals surface area contributed by atoms with Crippen molar-refractivity contribution >= 4 is 28.9 Å². The number of hydrogen-bond donors (Lipinski definition) is 1. The maximum atomic E-state index is 5.80. The van der Waals surface area contributed by atoms with Crippen LogP contribution in [0.2, 0.25) is 10.3 Å². The Bertz CT molecular complexity index is 309. The molecule has 0 aliphatic carbocycles. The van der Waals surface area contributed by atoms with E-state index in [1.165, 1.54) is 0 Å². The molecule has 0 bridgehead atoms. The highest BCUT2D eigenvalue weighted by atomic mass is 35.5. The predicted molar refractivity (Wildman–Crippen MR) is 57.0 cm³/mol. The number of rotatable bonds is 4. The van der Waals surface area contributed by atoms with Gasteiger partial charge in [-0.25, -0.2) is 0 Å². The summed E-state index contributed by atoms with van der Waals surface area (Å²) in [6.07, 6.45) is 0. The van der Waals surface area contributed by atoms with E-state index in [4.69, 9.17) is 27.9 Å². The van der Waals surface area contributed by atoms with Crippen molar-refractivity contribution in [3.05, 3.63) is 16.4 Å². The molecular weight excluding hydrogens is 225 g/mol. The van der Waals surface area contributed by atoms with Crippen LogP contribution in [0.3, 0.4) is 0 Å². The lowest BCUT2D eigenvalue weighted by Gasteiger charge is -2.14. The Labute approximate surface area is 92.6 Å². The van der Waals surface area contributed by atoms with E-state index in [0.717, 1.165) is 0 Å². The Kier molecular flexibility index (Phi) is 4.38. The van der Waals surface area contributed by atoms with Crippen LogP contribution in [-0.2, 0) is 4.74 Å². The van der Waals surface area contributed by atoms with Crippen LogP contribution in [0.1, 0.15) is 6.92 Å². The van der Waals surface area contributed by atoms with Crippen molar-refractivity contribution in [3.63, 3.8) is 0 Å². The molecule has 1 rings (SSSR count). The van der Waals surface area contributed by atoms with Crippen LogP contribution in [0.4, 0.5) is 5.69 Å². The molecule has 1 atom stereocenters. The van der Waals surface area contributed by atoms with E-state index in [9.17, 15) is 0 Å². The molecule has 14 heavy (non-hydrogen) atoms. The van der Waals surface area contributed by atoms with Crippen LogP contribution in [0.15, 0.2) is 6.07 Å². The maximum absolute atomic E-state index is 5.80. The van der Waals surface area contributed by atoms with Crippen molar-refractivity contribution in [2.24, 2.45) is 0 Å². The van der Waals surface area contributed by atoms with Gasteiger partial charge in [0.2, 0.25) is 0 Å². The summed E-state index contributed by atoms with van der Waals surface area (Å²) in [6, 6.07) is 1.76. The third-order valence-corrected chi connectivity index (χ3v) is 2.00. The van der Waals surface area contributed by atoms with Crippen molar-refractivity contribution in [2.75, 3.05) is 19.0 Å². The molecule has 0 aliphatic heterocycles. The number of methoxy groups -OCH3 is 1. The second-order valence-corrected chi connectivity index (χ2v) is 3.62. The first-order valence-electron chi connectivity index (χ1n) is 4.07. The third-order valence-electron chi connectivity index (χ3n) is 1.54. The molecule has 0 radical (unpaired) electrons. The standard InChI is InChI=1S/C8H11Cl2N3O/c1-5(4-14-2)11-6-3-7(9)12-13-8(6)10/h3,5H,4H2,1-2H3,(H,11,12). The summed E-state index contributed by atoms with van der Waals surface area (Å²) >= 11 is 11.5. The summed E-state index contributed by atoms with van der Waals surface area (Å²) in [5.41, 5.74) is 0.663. The number of nitrogens with one attached hydrogen (secondary N) is 1. The fraction of sp³-hybridized carbons (Fsp3) is 0.500. The zero-order valence-corrected chi connectivity index (χ0v) is 9.43. The summed E-state index contributed by atoms with van der Waals surface area (Å²) in [5.74, 6) is 0. The summed E-state index contributed by atoms with van der Waals surface area (Å²) in [4.78, 5) is 0. The molecule has 1 aromatic rings. The van der Waals surface area contributed by atoms with Crippen LogP contribution in [-0.4, -0.2) is 30.0 Å². The molecule has 1 heterocycles. The van der Waals surface area contributed by atoms with Gasteiger partial charge in [0.1, 0.15) is 0 Å². The van der Waals surface area contributed by atoms with Crippen molar-refractivity contribution in [2.45, 2.75) is 13.0 Å². The van der Waals surface area contributed by atoms with E-state index in [1.807, 2.05) is 6.92 Å². The highest BCUT2D eigenvalue weighted by molar-refractivity contribution is 6.33. The first-order valence-corrected chi connectivity index (χ1v) is 4.83. The molecule has 0 saturated carbocycles. The first kappa shape index (κ1) is 11.5. The maximum Gasteiger partial charge on any atom is 0.174 e. The van der Waals surface area contributed by atoms with Gasteiger partial charge in [-0.15, -0.1) is 10.2 Å². The van der Waals surface area contributed by atoms with Gasteiger partial charge < -0.3 is 10.1 Å². The van der Waals surface area contributed by atoms with Crippen LogP contribution in [0.5, 0.6) is 0 Å². The Morgan fingerprint density at radius 3 is 2.86 bits per heavy atom. The van der Waals surface area contributed by atoms with Gasteiger partial charge in [0.05, 0.1) is 12.3 Å². The van der Waals surface area contributed by atoms with Gasteiger partial charge in [0.25, 0.3) is 0 Å². The Hall–Kier alpha value is -0.580. The van der Waals surface area contributed by atoms with Crippen LogP contribution in [0.25, 0.3) is 0 Å². The van der Waals surface area contributed by atoms with Crippen molar-refractivity contribution in [1.29, 1.82) is 0 Å². The van der Waals surface area contributed by atoms with E-state index in [0.29, 0.717) is 22.6 Å². The van der Waals surface area contributed by atoms with Crippen molar-refractivity contribution in [3.8, 4) is 0 Å². The molecule has 1 N–H and O–H groups in total. The highest BCUT2D eigenvalue weighted by Crippen LogP contribution is 2.21. The highest BCUT2D eigenvalue weighted by Gasteiger charge is 2.07. The molecule has 1 unspecified atom stereocenters. The molecule has 6 heteroatoms. The molecule has 78 valence electrons. The molecule has 1 aromatic heterocycles. The first-order chi connectivity index (χ1) is 6.63. The van der Waals surface area contributed by atoms with Crippen LogP contribution >= 0.6 is 23.2 Å². The van der Waals surface area contributed by atoms with Crippen molar-refractivity contribution < 1.29 is 4.74 Å². The Balaban J connectivity index is 2.70. The molecule has 0 aliphatic rings. The van der Waals surface area contributed by atoms with E-state index in [2.05, 4.69) is 15.5 Å². The van der Waals surface area contributed by atoms with Gasteiger partial charge in [-0.1, -0.05) is 23.2 Å². The van der Waals surface area contributed by atoms with Gasteiger partial charge in [0.15, 0.2) is 10.3 Å². The molecule has 0 saturated heterocycles. The van der Waals surface area contributed by atoms with Gasteiger partial charge in [-0.3, -0.25) is 0 Å². The fourth-order valence-corrected chi connectivity index (χ4v) is 1.31. The van der Waals surface area contributed by atoms with E-state index >= 15 is 0 Å². The minimum Gasteiger partial charge on any atom is -0.383 e. The third kappa shape index (κ3) is 3.29. The van der Waals surface area contributed by atoms with E-state index in [-0.39, 0.29) is 6.04 Å². The molecule has 0 amide bonds. The van der Waals surface area contributed by atoms with Crippen molar-refractivity contribution in [1.82, 2.24) is 10.2 Å². The zero-order chi connectivity index (χ0) is 10.6. The second kappa shape index (κ2) is 5.34. The largest absolute Gasteiger partial charge is 0.383 e. The minimum absolute atomic E-state index is 0.137. The number of aromatic nitrogens is 2. The smallest absolute Gasteiger partial charge is 0.174 e. The van der Waals surface area contributed by atoms with Gasteiger partial charge in [0, 0.05) is 19.2 Å². The topological polar surface area (TPSA) is 47.0 Å². The summed E-state index contributed by atoms with van der Waals surface area (Å²) in [7, 11) is 1.64. The zero-order valence-electron chi connectivity index (χ0n) is 7.92. The summed E-state index contributed by atoms with van der Waals surface area (Å²) in [6.45, 7) is 2.55. The Morgan fingerprint density at radius 1 is 1.50 bits per heavy atom. The number of halogens is 2. The normalized spacial score (nSPS) is 12.6. The lowest BCUT2D eigenvalue weighted by molar-refractivity contribution is 0.190. The molecule has 4 nitrogen and oxygen atoms in total. The summed E-state index contributed by atoms with van der Waals surface area (Å²) in [5, 5.41) is 11.0.